The summed E-state index contributed by atoms with van der Waals surface area (Å²) >= 11 is 3.32. The molecule has 5 nitrogen and oxygen atoms in total. The van der Waals surface area contributed by atoms with E-state index in [2.05, 4.69) is 56.7 Å². The van der Waals surface area contributed by atoms with Gasteiger partial charge in [0.15, 0.2) is 5.16 Å². The van der Waals surface area contributed by atoms with Gasteiger partial charge in [-0.05, 0) is 30.7 Å². The van der Waals surface area contributed by atoms with Crippen molar-refractivity contribution in [3.05, 3.63) is 46.7 Å². The molecule has 1 aromatic carbocycles. The molecule has 0 atom stereocenters. The molecule has 3 rings (SSSR count). The zero-order valence-corrected chi connectivity index (χ0v) is 13.2. The minimum atomic E-state index is 0.799. The van der Waals surface area contributed by atoms with E-state index in [0.29, 0.717) is 0 Å². The predicted octanol–water partition coefficient (Wildman–Crippen LogP) is 3.59. The molecule has 21 heavy (non-hydrogen) atoms. The highest BCUT2D eigenvalue weighted by molar-refractivity contribution is 7.99. The lowest BCUT2D eigenvalue weighted by Gasteiger charge is -2.05. The van der Waals surface area contributed by atoms with Gasteiger partial charge in [-0.15, -0.1) is 11.3 Å². The molecule has 0 aliphatic heterocycles. The van der Waals surface area contributed by atoms with Crippen molar-refractivity contribution in [3.63, 3.8) is 0 Å². The summed E-state index contributed by atoms with van der Waals surface area (Å²) in [6.07, 6.45) is 4.46. The molecule has 0 aliphatic carbocycles. The second kappa shape index (κ2) is 6.73. The molecule has 0 saturated heterocycles. The van der Waals surface area contributed by atoms with Crippen molar-refractivity contribution in [2.75, 3.05) is 5.32 Å². The summed E-state index contributed by atoms with van der Waals surface area (Å²) in [6, 6.07) is 8.28. The number of rotatable bonds is 6. The van der Waals surface area contributed by atoms with E-state index in [1.165, 1.54) is 16.2 Å². The van der Waals surface area contributed by atoms with Gasteiger partial charge in [-0.25, -0.2) is 9.97 Å². The van der Waals surface area contributed by atoms with Gasteiger partial charge < -0.3 is 5.32 Å². The first-order chi connectivity index (χ1) is 10.3. The van der Waals surface area contributed by atoms with Crippen LogP contribution in [0.1, 0.15) is 16.8 Å². The number of hydrogen-bond acceptors (Lipinski definition) is 6. The Morgan fingerprint density at radius 1 is 1.24 bits per heavy atom. The lowest BCUT2D eigenvalue weighted by Crippen LogP contribution is -1.96. The standard InChI is InChI=1S/C14H15N5S2/c1-2-13-16-8-12(20-13)7-15-10-3-5-11(6-4-10)21-14-17-9-18-19-14/h3-6,8-9,15H,2,7H2,1H3,(H,17,18,19). The summed E-state index contributed by atoms with van der Waals surface area (Å²) in [5.74, 6) is 0. The fourth-order valence-electron chi connectivity index (χ4n) is 1.78. The van der Waals surface area contributed by atoms with Crippen LogP contribution in [-0.4, -0.2) is 20.2 Å². The van der Waals surface area contributed by atoms with Crippen molar-refractivity contribution in [1.82, 2.24) is 20.2 Å². The van der Waals surface area contributed by atoms with Gasteiger partial charge in [-0.2, -0.15) is 5.10 Å². The first-order valence-electron chi connectivity index (χ1n) is 6.64. The number of hydrogen-bond donors (Lipinski definition) is 2. The number of nitrogens with zero attached hydrogens (tertiary/aromatic N) is 3. The maximum Gasteiger partial charge on any atom is 0.188 e. The van der Waals surface area contributed by atoms with Gasteiger partial charge in [0.1, 0.15) is 6.33 Å². The summed E-state index contributed by atoms with van der Waals surface area (Å²) in [7, 11) is 0. The van der Waals surface area contributed by atoms with Crippen LogP contribution in [0.4, 0.5) is 5.69 Å². The first-order valence-corrected chi connectivity index (χ1v) is 8.27. The number of benzene rings is 1. The molecule has 0 radical (unpaired) electrons. The van der Waals surface area contributed by atoms with E-state index in [1.54, 1.807) is 23.1 Å². The molecule has 7 heteroatoms. The van der Waals surface area contributed by atoms with Crippen molar-refractivity contribution >= 4 is 28.8 Å². The third-order valence-electron chi connectivity index (χ3n) is 2.83. The maximum absolute atomic E-state index is 4.36. The molecule has 2 N–H and O–H groups in total. The second-order valence-corrected chi connectivity index (χ2v) is 6.61. The third kappa shape index (κ3) is 3.83. The quantitative estimate of drug-likeness (QED) is 0.727. The zero-order valence-electron chi connectivity index (χ0n) is 11.5. The summed E-state index contributed by atoms with van der Waals surface area (Å²) in [5.41, 5.74) is 1.10. The molecular weight excluding hydrogens is 302 g/mol. The number of H-pyrrole nitrogens is 1. The summed E-state index contributed by atoms with van der Waals surface area (Å²) in [4.78, 5) is 10.8. The average Bonchev–Trinajstić information content (AvgIpc) is 3.18. The largest absolute Gasteiger partial charge is 0.380 e. The monoisotopic (exact) mass is 317 g/mol. The second-order valence-electron chi connectivity index (χ2n) is 4.34. The van der Waals surface area contributed by atoms with Crippen LogP contribution in [0.3, 0.4) is 0 Å². The molecule has 3 aromatic rings. The number of aromatic nitrogens is 4. The third-order valence-corrected chi connectivity index (χ3v) is 4.87. The van der Waals surface area contributed by atoms with Crippen LogP contribution in [0.5, 0.6) is 0 Å². The lowest BCUT2D eigenvalue weighted by molar-refractivity contribution is 0.973. The van der Waals surface area contributed by atoms with E-state index in [0.717, 1.165) is 28.7 Å². The maximum atomic E-state index is 4.36. The molecule has 0 saturated carbocycles. The zero-order chi connectivity index (χ0) is 14.5. The topological polar surface area (TPSA) is 66.5 Å². The van der Waals surface area contributed by atoms with Gasteiger partial charge in [0, 0.05) is 21.7 Å². The van der Waals surface area contributed by atoms with Crippen molar-refractivity contribution in [1.29, 1.82) is 0 Å². The molecular formula is C14H15N5S2. The molecule has 0 bridgehead atoms. The summed E-state index contributed by atoms with van der Waals surface area (Å²) in [6.45, 7) is 2.94. The average molecular weight is 317 g/mol. The Morgan fingerprint density at radius 2 is 2.10 bits per heavy atom. The van der Waals surface area contributed by atoms with E-state index in [9.17, 15) is 0 Å². The molecule has 0 unspecified atom stereocenters. The van der Waals surface area contributed by atoms with Crippen LogP contribution in [0, 0.1) is 0 Å². The van der Waals surface area contributed by atoms with E-state index in [-0.39, 0.29) is 0 Å². The summed E-state index contributed by atoms with van der Waals surface area (Å²) in [5, 5.41) is 12.1. The molecule has 2 aromatic heterocycles. The van der Waals surface area contributed by atoms with E-state index in [1.807, 2.05) is 6.20 Å². The minimum Gasteiger partial charge on any atom is -0.380 e. The highest BCUT2D eigenvalue weighted by Crippen LogP contribution is 2.25. The molecule has 0 amide bonds. The SMILES string of the molecule is CCc1ncc(CNc2ccc(Sc3ncn[nH]3)cc2)s1. The van der Waals surface area contributed by atoms with Crippen LogP contribution < -0.4 is 5.32 Å². The molecule has 0 spiro atoms. The Bertz CT molecular complexity index is 676. The van der Waals surface area contributed by atoms with Gasteiger partial charge in [-0.3, -0.25) is 5.10 Å². The van der Waals surface area contributed by atoms with E-state index in [4.69, 9.17) is 0 Å². The van der Waals surface area contributed by atoms with Gasteiger partial charge in [0.05, 0.1) is 11.6 Å². The van der Waals surface area contributed by atoms with Gasteiger partial charge in [0.2, 0.25) is 0 Å². The smallest absolute Gasteiger partial charge is 0.188 e. The number of nitrogens with one attached hydrogen (secondary N) is 2. The fourth-order valence-corrected chi connectivity index (χ4v) is 3.27. The number of aromatic amines is 1. The van der Waals surface area contributed by atoms with Crippen LogP contribution in [0.25, 0.3) is 0 Å². The lowest BCUT2D eigenvalue weighted by atomic mass is 10.3. The Labute approximate surface area is 131 Å². The van der Waals surface area contributed by atoms with Crippen LogP contribution in [0.15, 0.2) is 46.8 Å². The van der Waals surface area contributed by atoms with Gasteiger partial charge in [-0.1, -0.05) is 18.7 Å². The number of aryl methyl sites for hydroxylation is 1. The molecule has 0 aliphatic rings. The Morgan fingerprint density at radius 3 is 2.76 bits per heavy atom. The molecule has 0 fully saturated rings. The Hall–Kier alpha value is -1.86. The minimum absolute atomic E-state index is 0.799. The molecule has 108 valence electrons. The van der Waals surface area contributed by atoms with Crippen molar-refractivity contribution in [2.45, 2.75) is 29.9 Å². The fraction of sp³-hybridized carbons (Fsp3) is 0.214. The Kier molecular flexibility index (Phi) is 4.52. The molecule has 2 heterocycles. The van der Waals surface area contributed by atoms with Gasteiger partial charge >= 0.3 is 0 Å². The van der Waals surface area contributed by atoms with E-state index < -0.39 is 0 Å². The van der Waals surface area contributed by atoms with Crippen molar-refractivity contribution in [2.24, 2.45) is 0 Å². The van der Waals surface area contributed by atoms with Gasteiger partial charge in [0.25, 0.3) is 0 Å². The normalized spacial score (nSPS) is 10.7. The van der Waals surface area contributed by atoms with Crippen LogP contribution >= 0.6 is 23.1 Å². The van der Waals surface area contributed by atoms with Crippen LogP contribution in [-0.2, 0) is 13.0 Å². The highest BCUT2D eigenvalue weighted by atomic mass is 32.2. The number of anilines is 1. The van der Waals surface area contributed by atoms with Crippen molar-refractivity contribution in [3.8, 4) is 0 Å². The van der Waals surface area contributed by atoms with Crippen molar-refractivity contribution < 1.29 is 0 Å². The first kappa shape index (κ1) is 14.1. The highest BCUT2D eigenvalue weighted by Gasteiger charge is 2.02. The van der Waals surface area contributed by atoms with Crippen LogP contribution in [0.2, 0.25) is 0 Å². The van der Waals surface area contributed by atoms with E-state index >= 15 is 0 Å². The predicted molar refractivity (Wildman–Crippen MR) is 85.8 cm³/mol. The number of thiazole rings is 1. The Balaban J connectivity index is 1.56. The summed E-state index contributed by atoms with van der Waals surface area (Å²) < 4.78 is 0.